The summed E-state index contributed by atoms with van der Waals surface area (Å²) in [6.07, 6.45) is 0. The van der Waals surface area contributed by atoms with Crippen LogP contribution in [-0.4, -0.2) is 18.2 Å². The highest BCUT2D eigenvalue weighted by atomic mass is 16.3. The lowest BCUT2D eigenvalue weighted by molar-refractivity contribution is 0.459. The molecule has 0 aliphatic heterocycles. The Bertz CT molecular complexity index is 321. The van der Waals surface area contributed by atoms with E-state index in [-0.39, 0.29) is 0 Å². The largest absolute Gasteiger partial charge is 0.508 e. The van der Waals surface area contributed by atoms with Gasteiger partial charge in [0.1, 0.15) is 5.75 Å². The number of phenolic OH excluding ortho intramolecular Hbond substituents is 1. The Morgan fingerprint density at radius 3 is 2.33 bits per heavy atom. The van der Waals surface area contributed by atoms with Crippen molar-refractivity contribution in [3.8, 4) is 5.75 Å². The fourth-order valence-electron chi connectivity index (χ4n) is 1.74. The molecule has 0 aliphatic rings. The van der Waals surface area contributed by atoms with Crippen LogP contribution in [0, 0.1) is 12.8 Å². The summed E-state index contributed by atoms with van der Waals surface area (Å²) in [5, 5.41) is 9.43. The van der Waals surface area contributed by atoms with Crippen LogP contribution in [0.5, 0.6) is 5.75 Å². The highest BCUT2D eigenvalue weighted by molar-refractivity contribution is 5.36. The molecule has 0 saturated carbocycles. The summed E-state index contributed by atoms with van der Waals surface area (Å²) in [7, 11) is 0. The van der Waals surface area contributed by atoms with Gasteiger partial charge in [-0.15, -0.1) is 0 Å². The third kappa shape index (κ3) is 2.70. The number of phenols is 1. The number of benzene rings is 1. The van der Waals surface area contributed by atoms with Crippen LogP contribution in [-0.2, 0) is 0 Å². The van der Waals surface area contributed by atoms with Crippen LogP contribution in [0.2, 0.25) is 0 Å². The molecule has 0 radical (unpaired) electrons. The van der Waals surface area contributed by atoms with Crippen LogP contribution in [0.4, 0.5) is 0 Å². The standard InChI is InChI=1S/C12H20N2O/c1-8-5-10(3-4-12(8)15)9(2)11(6-13)7-14/h3-5,9,11,15H,6-7,13-14H2,1-2H3. The third-order valence-electron chi connectivity index (χ3n) is 3.06. The van der Waals surface area contributed by atoms with Gasteiger partial charge in [0.25, 0.3) is 0 Å². The van der Waals surface area contributed by atoms with E-state index in [0.29, 0.717) is 30.7 Å². The van der Waals surface area contributed by atoms with Gasteiger partial charge in [0.2, 0.25) is 0 Å². The van der Waals surface area contributed by atoms with Gasteiger partial charge < -0.3 is 16.6 Å². The molecule has 0 amide bonds. The van der Waals surface area contributed by atoms with Crippen LogP contribution in [0.3, 0.4) is 0 Å². The van der Waals surface area contributed by atoms with Crippen molar-refractivity contribution >= 4 is 0 Å². The van der Waals surface area contributed by atoms with E-state index in [1.807, 2.05) is 19.1 Å². The van der Waals surface area contributed by atoms with E-state index in [1.54, 1.807) is 6.07 Å². The lowest BCUT2D eigenvalue weighted by atomic mass is 9.87. The van der Waals surface area contributed by atoms with Gasteiger partial charge in [-0.2, -0.15) is 0 Å². The maximum atomic E-state index is 9.43. The quantitative estimate of drug-likeness (QED) is 0.699. The molecule has 0 spiro atoms. The van der Waals surface area contributed by atoms with Gasteiger partial charge in [0, 0.05) is 0 Å². The molecule has 1 rings (SSSR count). The minimum Gasteiger partial charge on any atom is -0.508 e. The second-order valence-corrected chi connectivity index (χ2v) is 4.07. The molecule has 1 unspecified atom stereocenters. The van der Waals surface area contributed by atoms with Gasteiger partial charge in [-0.05, 0) is 49.0 Å². The van der Waals surface area contributed by atoms with Gasteiger partial charge in [0.15, 0.2) is 0 Å². The van der Waals surface area contributed by atoms with Crippen molar-refractivity contribution < 1.29 is 5.11 Å². The van der Waals surface area contributed by atoms with Crippen LogP contribution in [0.25, 0.3) is 0 Å². The highest BCUT2D eigenvalue weighted by Crippen LogP contribution is 2.27. The molecule has 0 bridgehead atoms. The van der Waals surface area contributed by atoms with E-state index < -0.39 is 0 Å². The van der Waals surface area contributed by atoms with Crippen molar-refractivity contribution in [1.29, 1.82) is 0 Å². The zero-order valence-electron chi connectivity index (χ0n) is 9.40. The van der Waals surface area contributed by atoms with Crippen molar-refractivity contribution in [1.82, 2.24) is 0 Å². The van der Waals surface area contributed by atoms with E-state index in [4.69, 9.17) is 11.5 Å². The summed E-state index contributed by atoms with van der Waals surface area (Å²) in [4.78, 5) is 0. The Labute approximate surface area is 91.1 Å². The predicted octanol–water partition coefficient (Wildman–Crippen LogP) is 1.34. The SMILES string of the molecule is Cc1cc(C(C)C(CN)CN)ccc1O. The molecule has 5 N–H and O–H groups in total. The number of hydrogen-bond acceptors (Lipinski definition) is 3. The summed E-state index contributed by atoms with van der Waals surface area (Å²) in [6, 6.07) is 5.66. The number of nitrogens with two attached hydrogens (primary N) is 2. The lowest BCUT2D eigenvalue weighted by Gasteiger charge is -2.21. The molecule has 0 aromatic heterocycles. The maximum absolute atomic E-state index is 9.43. The van der Waals surface area contributed by atoms with Crippen LogP contribution >= 0.6 is 0 Å². The van der Waals surface area contributed by atoms with E-state index in [0.717, 1.165) is 5.56 Å². The molecule has 0 heterocycles. The Hall–Kier alpha value is -1.06. The summed E-state index contributed by atoms with van der Waals surface area (Å²) in [5.74, 6) is 0.969. The van der Waals surface area contributed by atoms with Crippen molar-refractivity contribution in [3.05, 3.63) is 29.3 Å². The third-order valence-corrected chi connectivity index (χ3v) is 3.06. The summed E-state index contributed by atoms with van der Waals surface area (Å²) < 4.78 is 0. The summed E-state index contributed by atoms with van der Waals surface area (Å²) in [5.41, 5.74) is 13.4. The topological polar surface area (TPSA) is 72.3 Å². The van der Waals surface area contributed by atoms with Crippen molar-refractivity contribution in [2.24, 2.45) is 17.4 Å². The molecule has 15 heavy (non-hydrogen) atoms. The molecule has 1 aromatic rings. The zero-order chi connectivity index (χ0) is 11.4. The Morgan fingerprint density at radius 1 is 1.27 bits per heavy atom. The van der Waals surface area contributed by atoms with Crippen LogP contribution < -0.4 is 11.5 Å². The molecule has 0 fully saturated rings. The minimum atomic E-state index is 0.300. The van der Waals surface area contributed by atoms with Gasteiger partial charge in [0.05, 0.1) is 0 Å². The molecular formula is C12H20N2O. The number of hydrogen-bond donors (Lipinski definition) is 3. The van der Waals surface area contributed by atoms with Crippen LogP contribution in [0.1, 0.15) is 24.0 Å². The fraction of sp³-hybridized carbons (Fsp3) is 0.500. The average molecular weight is 208 g/mol. The van der Waals surface area contributed by atoms with Gasteiger partial charge in [-0.25, -0.2) is 0 Å². The smallest absolute Gasteiger partial charge is 0.118 e. The molecule has 1 aromatic carbocycles. The molecule has 84 valence electrons. The Morgan fingerprint density at radius 2 is 1.87 bits per heavy atom. The molecule has 3 heteroatoms. The first-order chi connectivity index (χ1) is 7.10. The van der Waals surface area contributed by atoms with Crippen LogP contribution in [0.15, 0.2) is 18.2 Å². The predicted molar refractivity (Wildman–Crippen MR) is 62.9 cm³/mol. The normalized spacial score (nSPS) is 13.1. The first-order valence-corrected chi connectivity index (χ1v) is 5.29. The number of rotatable bonds is 4. The monoisotopic (exact) mass is 208 g/mol. The lowest BCUT2D eigenvalue weighted by Crippen LogP contribution is -2.27. The maximum Gasteiger partial charge on any atom is 0.118 e. The van der Waals surface area contributed by atoms with Crippen molar-refractivity contribution in [2.45, 2.75) is 19.8 Å². The molecule has 0 saturated heterocycles. The first kappa shape index (κ1) is 12.0. The average Bonchev–Trinajstić information content (AvgIpc) is 2.23. The molecule has 1 atom stereocenters. The second-order valence-electron chi connectivity index (χ2n) is 4.07. The van der Waals surface area contributed by atoms with E-state index in [9.17, 15) is 5.11 Å². The number of aromatic hydroxyl groups is 1. The van der Waals surface area contributed by atoms with E-state index in [1.165, 1.54) is 5.56 Å². The number of aryl methyl sites for hydroxylation is 1. The van der Waals surface area contributed by atoms with Gasteiger partial charge >= 0.3 is 0 Å². The van der Waals surface area contributed by atoms with E-state index in [2.05, 4.69) is 6.92 Å². The Balaban J connectivity index is 2.90. The summed E-state index contributed by atoms with van der Waals surface area (Å²) >= 11 is 0. The molecule has 3 nitrogen and oxygen atoms in total. The first-order valence-electron chi connectivity index (χ1n) is 5.29. The van der Waals surface area contributed by atoms with Gasteiger partial charge in [-0.1, -0.05) is 19.1 Å². The zero-order valence-corrected chi connectivity index (χ0v) is 9.40. The highest BCUT2D eigenvalue weighted by Gasteiger charge is 2.16. The minimum absolute atomic E-state index is 0.300. The van der Waals surface area contributed by atoms with E-state index >= 15 is 0 Å². The second kappa shape index (κ2) is 5.14. The summed E-state index contributed by atoms with van der Waals surface area (Å²) in [6.45, 7) is 5.21. The van der Waals surface area contributed by atoms with Crippen molar-refractivity contribution in [2.75, 3.05) is 13.1 Å². The fourth-order valence-corrected chi connectivity index (χ4v) is 1.74. The van der Waals surface area contributed by atoms with Crippen molar-refractivity contribution in [3.63, 3.8) is 0 Å². The Kier molecular flexibility index (Phi) is 4.12. The van der Waals surface area contributed by atoms with Gasteiger partial charge in [-0.3, -0.25) is 0 Å². The molecule has 0 aliphatic carbocycles. The molecular weight excluding hydrogens is 188 g/mol.